The van der Waals surface area contributed by atoms with Gasteiger partial charge in [0.15, 0.2) is 0 Å². The summed E-state index contributed by atoms with van der Waals surface area (Å²) in [6, 6.07) is 6.86. The lowest BCUT2D eigenvalue weighted by atomic mass is 10.0. The van der Waals surface area contributed by atoms with Crippen molar-refractivity contribution in [3.63, 3.8) is 0 Å². The zero-order valence-corrected chi connectivity index (χ0v) is 12.2. The standard InChI is InChI=1S/C14H24N2S/c1-11-5-6-14(16(3)7-8-17-4)13(9-11)10-12(2)15/h5-6,9,12H,7-8,10,15H2,1-4H3. The van der Waals surface area contributed by atoms with E-state index in [1.807, 2.05) is 11.8 Å². The van der Waals surface area contributed by atoms with E-state index in [1.54, 1.807) is 0 Å². The van der Waals surface area contributed by atoms with Gasteiger partial charge in [-0.1, -0.05) is 17.7 Å². The van der Waals surface area contributed by atoms with E-state index in [1.165, 1.54) is 16.8 Å². The van der Waals surface area contributed by atoms with Gasteiger partial charge < -0.3 is 10.6 Å². The third-order valence-electron chi connectivity index (χ3n) is 2.82. The van der Waals surface area contributed by atoms with Crippen molar-refractivity contribution in [2.45, 2.75) is 26.3 Å². The summed E-state index contributed by atoms with van der Waals surface area (Å²) < 4.78 is 0. The molecule has 0 saturated heterocycles. The number of aryl methyl sites for hydroxylation is 1. The summed E-state index contributed by atoms with van der Waals surface area (Å²) in [6.07, 6.45) is 3.09. The average molecular weight is 252 g/mol. The molecule has 0 aliphatic rings. The Morgan fingerprint density at radius 1 is 1.41 bits per heavy atom. The predicted molar refractivity (Wildman–Crippen MR) is 80.2 cm³/mol. The second-order valence-corrected chi connectivity index (χ2v) is 5.71. The van der Waals surface area contributed by atoms with Crippen LogP contribution in [0.4, 0.5) is 5.69 Å². The van der Waals surface area contributed by atoms with Crippen molar-refractivity contribution in [1.29, 1.82) is 0 Å². The van der Waals surface area contributed by atoms with Crippen LogP contribution in [0.1, 0.15) is 18.1 Å². The minimum atomic E-state index is 0.213. The third-order valence-corrected chi connectivity index (χ3v) is 3.41. The fraction of sp³-hybridized carbons (Fsp3) is 0.571. The van der Waals surface area contributed by atoms with Crippen molar-refractivity contribution in [3.05, 3.63) is 29.3 Å². The van der Waals surface area contributed by atoms with Gasteiger partial charge in [0.25, 0.3) is 0 Å². The molecule has 96 valence electrons. The first-order valence-electron chi connectivity index (χ1n) is 6.09. The average Bonchev–Trinajstić information content (AvgIpc) is 2.25. The van der Waals surface area contributed by atoms with Crippen molar-refractivity contribution >= 4 is 17.4 Å². The monoisotopic (exact) mass is 252 g/mol. The lowest BCUT2D eigenvalue weighted by Crippen LogP contribution is -2.24. The van der Waals surface area contributed by atoms with Crippen LogP contribution in [0, 0.1) is 6.92 Å². The molecule has 1 rings (SSSR count). The summed E-state index contributed by atoms with van der Waals surface area (Å²) in [6.45, 7) is 5.28. The number of anilines is 1. The van der Waals surface area contributed by atoms with E-state index < -0.39 is 0 Å². The van der Waals surface area contributed by atoms with Crippen LogP contribution in [0.5, 0.6) is 0 Å². The Hall–Kier alpha value is -0.670. The lowest BCUT2D eigenvalue weighted by Gasteiger charge is -2.23. The van der Waals surface area contributed by atoms with Gasteiger partial charge in [0.1, 0.15) is 0 Å². The molecule has 0 aliphatic carbocycles. The second kappa shape index (κ2) is 6.92. The number of hydrogen-bond donors (Lipinski definition) is 1. The van der Waals surface area contributed by atoms with Gasteiger partial charge in [-0.3, -0.25) is 0 Å². The molecule has 0 fully saturated rings. The Labute approximate surface area is 110 Å². The summed E-state index contributed by atoms with van der Waals surface area (Å²) in [5.41, 5.74) is 9.91. The molecule has 17 heavy (non-hydrogen) atoms. The summed E-state index contributed by atoms with van der Waals surface area (Å²) >= 11 is 1.88. The molecule has 2 nitrogen and oxygen atoms in total. The van der Waals surface area contributed by atoms with Crippen LogP contribution in [-0.4, -0.2) is 31.6 Å². The molecule has 1 atom stereocenters. The van der Waals surface area contributed by atoms with Crippen molar-refractivity contribution in [3.8, 4) is 0 Å². The molecule has 0 spiro atoms. The molecule has 0 aliphatic heterocycles. The van der Waals surface area contributed by atoms with E-state index in [0.717, 1.165) is 18.7 Å². The maximum Gasteiger partial charge on any atom is 0.0397 e. The van der Waals surface area contributed by atoms with Gasteiger partial charge in [0.2, 0.25) is 0 Å². The van der Waals surface area contributed by atoms with Crippen LogP contribution >= 0.6 is 11.8 Å². The van der Waals surface area contributed by atoms with Crippen molar-refractivity contribution in [2.24, 2.45) is 5.73 Å². The Morgan fingerprint density at radius 3 is 2.71 bits per heavy atom. The highest BCUT2D eigenvalue weighted by Gasteiger charge is 2.09. The molecule has 0 saturated carbocycles. The Morgan fingerprint density at radius 2 is 2.12 bits per heavy atom. The number of hydrogen-bond acceptors (Lipinski definition) is 3. The van der Waals surface area contributed by atoms with E-state index in [0.29, 0.717) is 0 Å². The van der Waals surface area contributed by atoms with E-state index >= 15 is 0 Å². The van der Waals surface area contributed by atoms with Crippen molar-refractivity contribution in [1.82, 2.24) is 0 Å². The van der Waals surface area contributed by atoms with Gasteiger partial charge in [-0.15, -0.1) is 0 Å². The molecule has 0 bridgehead atoms. The predicted octanol–water partition coefficient (Wildman–Crippen LogP) is 2.68. The van der Waals surface area contributed by atoms with Crippen LogP contribution in [0.3, 0.4) is 0 Å². The molecule has 0 radical (unpaired) electrons. The van der Waals surface area contributed by atoms with Crippen LogP contribution in [0.2, 0.25) is 0 Å². The summed E-state index contributed by atoms with van der Waals surface area (Å²) in [7, 11) is 2.16. The molecule has 3 heteroatoms. The first-order valence-corrected chi connectivity index (χ1v) is 7.49. The minimum absolute atomic E-state index is 0.213. The normalized spacial score (nSPS) is 12.5. The highest BCUT2D eigenvalue weighted by atomic mass is 32.2. The van der Waals surface area contributed by atoms with Gasteiger partial charge in [-0.05, 0) is 38.2 Å². The zero-order chi connectivity index (χ0) is 12.8. The third kappa shape index (κ3) is 4.60. The van der Waals surface area contributed by atoms with E-state index in [-0.39, 0.29) is 6.04 Å². The van der Waals surface area contributed by atoms with Gasteiger partial charge in [-0.2, -0.15) is 11.8 Å². The topological polar surface area (TPSA) is 29.3 Å². The number of thioether (sulfide) groups is 1. The van der Waals surface area contributed by atoms with E-state index in [4.69, 9.17) is 5.73 Å². The highest BCUT2D eigenvalue weighted by Crippen LogP contribution is 2.22. The maximum absolute atomic E-state index is 5.92. The van der Waals surface area contributed by atoms with Gasteiger partial charge >= 0.3 is 0 Å². The fourth-order valence-electron chi connectivity index (χ4n) is 1.95. The summed E-state index contributed by atoms with van der Waals surface area (Å²) in [5, 5.41) is 0. The van der Waals surface area contributed by atoms with E-state index in [2.05, 4.69) is 50.2 Å². The highest BCUT2D eigenvalue weighted by molar-refractivity contribution is 7.98. The molecule has 2 N–H and O–H groups in total. The van der Waals surface area contributed by atoms with Gasteiger partial charge in [0, 0.05) is 31.1 Å². The smallest absolute Gasteiger partial charge is 0.0397 e. The number of benzene rings is 1. The molecule has 0 amide bonds. The summed E-state index contributed by atoms with van der Waals surface area (Å²) in [4.78, 5) is 2.33. The first kappa shape index (κ1) is 14.4. The lowest BCUT2D eigenvalue weighted by molar-refractivity contribution is 0.735. The van der Waals surface area contributed by atoms with Gasteiger partial charge in [-0.25, -0.2) is 0 Å². The molecule has 1 aromatic rings. The molecular formula is C14H24N2S. The van der Waals surface area contributed by atoms with Crippen molar-refractivity contribution < 1.29 is 0 Å². The van der Waals surface area contributed by atoms with Crippen LogP contribution < -0.4 is 10.6 Å². The van der Waals surface area contributed by atoms with Crippen molar-refractivity contribution in [2.75, 3.05) is 30.5 Å². The molecule has 1 unspecified atom stereocenters. The fourth-order valence-corrected chi connectivity index (χ4v) is 2.40. The van der Waals surface area contributed by atoms with E-state index in [9.17, 15) is 0 Å². The Bertz CT molecular complexity index is 350. The zero-order valence-electron chi connectivity index (χ0n) is 11.4. The molecule has 0 aromatic heterocycles. The Kier molecular flexibility index (Phi) is 5.86. The molecule has 1 aromatic carbocycles. The number of rotatable bonds is 6. The van der Waals surface area contributed by atoms with Crippen LogP contribution in [0.25, 0.3) is 0 Å². The largest absolute Gasteiger partial charge is 0.374 e. The number of nitrogens with two attached hydrogens (primary N) is 1. The molecule has 0 heterocycles. The van der Waals surface area contributed by atoms with Gasteiger partial charge in [0.05, 0.1) is 0 Å². The summed E-state index contributed by atoms with van der Waals surface area (Å²) in [5.74, 6) is 1.15. The minimum Gasteiger partial charge on any atom is -0.374 e. The Balaban J connectivity index is 2.88. The SMILES string of the molecule is CSCCN(C)c1ccc(C)cc1CC(C)N. The number of nitrogens with zero attached hydrogens (tertiary/aromatic N) is 1. The molecular weight excluding hydrogens is 228 g/mol. The maximum atomic E-state index is 5.92. The quantitative estimate of drug-likeness (QED) is 0.844. The first-order chi connectivity index (χ1) is 8.04. The van der Waals surface area contributed by atoms with Crippen LogP contribution in [-0.2, 0) is 6.42 Å². The second-order valence-electron chi connectivity index (χ2n) is 4.73. The van der Waals surface area contributed by atoms with Crippen LogP contribution in [0.15, 0.2) is 18.2 Å².